The van der Waals surface area contributed by atoms with Crippen LogP contribution in [0.1, 0.15) is 23.1 Å². The lowest BCUT2D eigenvalue weighted by Crippen LogP contribution is -2.64. The van der Waals surface area contributed by atoms with Crippen molar-refractivity contribution in [1.29, 1.82) is 0 Å². The van der Waals surface area contributed by atoms with Crippen LogP contribution in [-0.2, 0) is 4.79 Å². The second-order valence-corrected chi connectivity index (χ2v) is 9.44. The van der Waals surface area contributed by atoms with E-state index in [4.69, 9.17) is 21.1 Å². The molecule has 2 atom stereocenters. The fraction of sp³-hybridized carbons (Fsp3) is 0.346. The minimum atomic E-state index is -1.28. The highest BCUT2D eigenvalue weighted by Crippen LogP contribution is 2.39. The van der Waals surface area contributed by atoms with Crippen LogP contribution in [0.3, 0.4) is 0 Å². The van der Waals surface area contributed by atoms with Crippen molar-refractivity contribution < 1.29 is 39.2 Å². The monoisotopic (exact) mass is 530 g/mol. The number of aryl methyl sites for hydroxylation is 2. The third-order valence-electron chi connectivity index (χ3n) is 6.73. The van der Waals surface area contributed by atoms with Gasteiger partial charge in [-0.3, -0.25) is 4.90 Å². The molecule has 0 aliphatic carbocycles. The molecule has 0 saturated carbocycles. The van der Waals surface area contributed by atoms with Crippen molar-refractivity contribution in [3.8, 4) is 11.5 Å². The van der Waals surface area contributed by atoms with Gasteiger partial charge in [-0.15, -0.1) is 0 Å². The minimum Gasteiger partial charge on any atom is -0.490 e. The van der Waals surface area contributed by atoms with Crippen LogP contribution in [-0.4, -0.2) is 81.7 Å². The van der Waals surface area contributed by atoms with Crippen molar-refractivity contribution in [2.45, 2.75) is 32.4 Å². The van der Waals surface area contributed by atoms with Gasteiger partial charge < -0.3 is 29.7 Å². The van der Waals surface area contributed by atoms with Gasteiger partial charge in [-0.25, -0.2) is 14.4 Å². The first-order valence-electron chi connectivity index (χ1n) is 11.6. The Morgan fingerprint density at radius 1 is 0.946 bits per heavy atom. The van der Waals surface area contributed by atoms with Crippen molar-refractivity contribution in [3.05, 3.63) is 63.7 Å². The Morgan fingerprint density at radius 3 is 2.22 bits per heavy atom. The summed E-state index contributed by atoms with van der Waals surface area (Å²) in [5, 5.41) is 29.6. The van der Waals surface area contributed by atoms with E-state index in [2.05, 4.69) is 0 Å². The van der Waals surface area contributed by atoms with Crippen LogP contribution in [0.2, 0.25) is 5.02 Å². The van der Waals surface area contributed by atoms with Crippen molar-refractivity contribution in [3.63, 3.8) is 0 Å². The van der Waals surface area contributed by atoms with Crippen LogP contribution < -0.4 is 9.47 Å². The molecule has 2 heterocycles. The van der Waals surface area contributed by atoms with E-state index in [0.717, 1.165) is 20.9 Å². The standard InChI is InChI=1S/C26H27ClN2O8/c1-14-9-20(27)22(10-15(14)2)37-8-7-36-18-5-3-16(4-6-18)19-11-17-12-28(25(32)33)13-21(23(19)24(30)31)29(17)26(34)35/h3-6,9-10,17,21H,7-8,11-13H2,1-2H3,(H,30,31)(H,32,33)(H,34,35)/t17-,21-/m1/s1. The first kappa shape index (κ1) is 26.2. The number of nitrogens with zero attached hydrogens (tertiary/aromatic N) is 2. The Kier molecular flexibility index (Phi) is 7.49. The molecule has 2 aromatic rings. The largest absolute Gasteiger partial charge is 0.490 e. The molecule has 2 aromatic carbocycles. The molecule has 196 valence electrons. The van der Waals surface area contributed by atoms with Crippen molar-refractivity contribution in [1.82, 2.24) is 9.80 Å². The van der Waals surface area contributed by atoms with Gasteiger partial charge in [0.15, 0.2) is 0 Å². The van der Waals surface area contributed by atoms with Crippen LogP contribution in [0.4, 0.5) is 9.59 Å². The number of carboxylic acid groups (broad SMARTS) is 3. The van der Waals surface area contributed by atoms with Gasteiger partial charge in [-0.05, 0) is 66.8 Å². The second kappa shape index (κ2) is 10.6. The smallest absolute Gasteiger partial charge is 0.408 e. The van der Waals surface area contributed by atoms with Gasteiger partial charge in [0, 0.05) is 13.1 Å². The Bertz CT molecular complexity index is 1260. The number of ether oxygens (including phenoxy) is 2. The number of hydrogen-bond acceptors (Lipinski definition) is 5. The molecule has 37 heavy (non-hydrogen) atoms. The highest BCUT2D eigenvalue weighted by molar-refractivity contribution is 6.32. The number of carboxylic acids is 1. The Morgan fingerprint density at radius 2 is 1.59 bits per heavy atom. The van der Waals surface area contributed by atoms with Crippen molar-refractivity contribution in [2.75, 3.05) is 26.3 Å². The van der Waals surface area contributed by atoms with Gasteiger partial charge in [0.05, 0.1) is 22.7 Å². The molecule has 3 N–H and O–H groups in total. The summed E-state index contributed by atoms with van der Waals surface area (Å²) in [5.74, 6) is -0.146. The molecule has 0 aromatic heterocycles. The molecular formula is C26H27ClN2O8. The molecule has 10 nitrogen and oxygen atoms in total. The molecule has 1 saturated heterocycles. The Balaban J connectivity index is 1.48. The molecule has 11 heteroatoms. The highest BCUT2D eigenvalue weighted by atomic mass is 35.5. The molecule has 2 amide bonds. The number of carbonyl (C=O) groups is 3. The quantitative estimate of drug-likeness (QED) is 0.449. The SMILES string of the molecule is Cc1cc(Cl)c(OCCOc2ccc(C3=C(C(=O)O)[C@H]4CN(C(=O)O)C[C@@H](C3)N4C(=O)O)cc2)cc1C. The average molecular weight is 531 g/mol. The highest BCUT2D eigenvalue weighted by Gasteiger charge is 2.47. The predicted molar refractivity (Wildman–Crippen MR) is 135 cm³/mol. The molecule has 0 unspecified atom stereocenters. The molecule has 2 aliphatic rings. The van der Waals surface area contributed by atoms with E-state index in [0.29, 0.717) is 27.7 Å². The van der Waals surface area contributed by atoms with E-state index in [1.807, 2.05) is 26.0 Å². The fourth-order valence-electron chi connectivity index (χ4n) is 4.83. The fourth-order valence-corrected chi connectivity index (χ4v) is 5.10. The second-order valence-electron chi connectivity index (χ2n) is 9.04. The van der Waals surface area contributed by atoms with Gasteiger partial charge in [0.1, 0.15) is 24.7 Å². The van der Waals surface area contributed by atoms with Crippen LogP contribution in [0.15, 0.2) is 42.0 Å². The average Bonchev–Trinajstić information content (AvgIpc) is 2.83. The van der Waals surface area contributed by atoms with Crippen LogP contribution >= 0.6 is 11.6 Å². The molecule has 0 radical (unpaired) electrons. The van der Waals surface area contributed by atoms with Crippen molar-refractivity contribution >= 4 is 35.3 Å². The maximum atomic E-state index is 12.2. The van der Waals surface area contributed by atoms with Gasteiger partial charge in [0.25, 0.3) is 0 Å². The van der Waals surface area contributed by atoms with E-state index in [9.17, 15) is 29.7 Å². The summed E-state index contributed by atoms with van der Waals surface area (Å²) < 4.78 is 11.5. The first-order chi connectivity index (χ1) is 17.6. The molecule has 0 spiro atoms. The van der Waals surface area contributed by atoms with Gasteiger partial charge in [0.2, 0.25) is 0 Å². The number of halogens is 1. The van der Waals surface area contributed by atoms with E-state index in [1.165, 1.54) is 0 Å². The number of piperazine rings is 1. The lowest BCUT2D eigenvalue weighted by atomic mass is 9.82. The summed E-state index contributed by atoms with van der Waals surface area (Å²) in [6, 6.07) is 8.78. The van der Waals surface area contributed by atoms with Crippen LogP contribution in [0, 0.1) is 13.8 Å². The molecular weight excluding hydrogens is 504 g/mol. The molecule has 1 fully saturated rings. The van der Waals surface area contributed by atoms with Gasteiger partial charge in [-0.2, -0.15) is 0 Å². The zero-order chi connectivity index (χ0) is 26.9. The number of fused-ring (bicyclic) bond motifs is 2. The first-order valence-corrected chi connectivity index (χ1v) is 12.0. The van der Waals surface area contributed by atoms with E-state index in [-0.39, 0.29) is 38.3 Å². The van der Waals surface area contributed by atoms with E-state index >= 15 is 0 Å². The summed E-state index contributed by atoms with van der Waals surface area (Å²) >= 11 is 6.23. The van der Waals surface area contributed by atoms with Crippen LogP contribution in [0.5, 0.6) is 11.5 Å². The summed E-state index contributed by atoms with van der Waals surface area (Å²) in [4.78, 5) is 37.7. The maximum absolute atomic E-state index is 12.2. The Labute approximate surface area is 218 Å². The van der Waals surface area contributed by atoms with Gasteiger partial charge in [-0.1, -0.05) is 23.7 Å². The minimum absolute atomic E-state index is 0.0275. The Hall–Kier alpha value is -3.92. The third kappa shape index (κ3) is 5.43. The van der Waals surface area contributed by atoms with Gasteiger partial charge >= 0.3 is 18.2 Å². The molecule has 2 bridgehead atoms. The number of amides is 2. The normalized spacial score (nSPS) is 19.0. The number of hydrogen-bond donors (Lipinski definition) is 3. The predicted octanol–water partition coefficient (Wildman–Crippen LogP) is 4.37. The summed E-state index contributed by atoms with van der Waals surface area (Å²) in [5.41, 5.74) is 3.14. The van der Waals surface area contributed by atoms with E-state index < -0.39 is 30.2 Å². The summed E-state index contributed by atoms with van der Waals surface area (Å²) in [6.07, 6.45) is -2.40. The molecule has 4 rings (SSSR count). The lowest BCUT2D eigenvalue weighted by Gasteiger charge is -2.48. The zero-order valence-corrected chi connectivity index (χ0v) is 21.1. The topological polar surface area (TPSA) is 137 Å². The van der Waals surface area contributed by atoms with E-state index in [1.54, 1.807) is 24.3 Å². The third-order valence-corrected chi connectivity index (χ3v) is 7.03. The van der Waals surface area contributed by atoms with Crippen LogP contribution in [0.25, 0.3) is 5.57 Å². The zero-order valence-electron chi connectivity index (χ0n) is 20.3. The maximum Gasteiger partial charge on any atom is 0.408 e. The number of rotatable bonds is 7. The summed E-state index contributed by atoms with van der Waals surface area (Å²) in [6.45, 7) is 4.21. The summed E-state index contributed by atoms with van der Waals surface area (Å²) in [7, 11) is 0. The number of aliphatic carboxylic acids is 1. The van der Waals surface area contributed by atoms with Crippen molar-refractivity contribution in [2.24, 2.45) is 0 Å². The number of benzene rings is 2. The lowest BCUT2D eigenvalue weighted by molar-refractivity contribution is -0.133. The molecule has 2 aliphatic heterocycles.